The van der Waals surface area contributed by atoms with Crippen LogP contribution in [0, 0.1) is 23.7 Å². The smallest absolute Gasteiger partial charge is 0.359 e. The highest BCUT2D eigenvalue weighted by Gasteiger charge is 2.58. The average Bonchev–Trinajstić information content (AvgIpc) is 2.72. The van der Waals surface area contributed by atoms with E-state index in [9.17, 15) is 14.7 Å². The number of hydrogen-bond acceptors (Lipinski definition) is 4. The Morgan fingerprint density at radius 1 is 1.47 bits per heavy atom. The zero-order chi connectivity index (χ0) is 14.2. The van der Waals surface area contributed by atoms with Crippen molar-refractivity contribution in [2.24, 2.45) is 23.7 Å². The van der Waals surface area contributed by atoms with Crippen molar-refractivity contribution in [3.8, 4) is 0 Å². The van der Waals surface area contributed by atoms with Crippen molar-refractivity contribution in [3.05, 3.63) is 0 Å². The number of carbonyl (C=O) groups excluding carboxylic acids is 1. The first-order valence-electron chi connectivity index (χ1n) is 6.96. The Morgan fingerprint density at radius 2 is 2.16 bits per heavy atom. The van der Waals surface area contributed by atoms with Gasteiger partial charge in [0, 0.05) is 5.92 Å². The van der Waals surface area contributed by atoms with Crippen LogP contribution in [0.4, 0.5) is 0 Å². The molecule has 108 valence electrons. The molecule has 4 nitrogen and oxygen atoms in total. The molecule has 0 bridgehead atoms. The lowest BCUT2D eigenvalue weighted by molar-refractivity contribution is -0.172. The van der Waals surface area contributed by atoms with Crippen LogP contribution >= 0.6 is 11.8 Å². The predicted molar refractivity (Wildman–Crippen MR) is 73.7 cm³/mol. The molecule has 0 aromatic carbocycles. The Hall–Kier alpha value is -0.710. The molecule has 2 rings (SSSR count). The Bertz CT molecular complexity index is 382. The highest BCUT2D eigenvalue weighted by atomic mass is 32.2. The molecular formula is C14H22O4S. The van der Waals surface area contributed by atoms with Gasteiger partial charge in [-0.3, -0.25) is 4.79 Å². The summed E-state index contributed by atoms with van der Waals surface area (Å²) in [7, 11) is 0. The molecule has 0 aromatic rings. The standard InChI is InChI=1S/C14H22O4S/c1-8(2)10-5-4-9(3)6-11(10)14(13(16)17)18-12(15)7-19-14/h8-11H,4-7H2,1-3H3,(H,16,17)/t9-,10?,11?,14+/m1/s1. The number of carbonyl (C=O) groups is 2. The lowest BCUT2D eigenvalue weighted by atomic mass is 9.67. The van der Waals surface area contributed by atoms with Gasteiger partial charge in [0.15, 0.2) is 0 Å². The minimum atomic E-state index is -1.35. The normalized spacial score (nSPS) is 39.4. The third-order valence-corrected chi connectivity index (χ3v) is 5.85. The molecule has 19 heavy (non-hydrogen) atoms. The van der Waals surface area contributed by atoms with Crippen LogP contribution in [-0.4, -0.2) is 27.7 Å². The summed E-state index contributed by atoms with van der Waals surface area (Å²) < 4.78 is 5.30. The molecular weight excluding hydrogens is 264 g/mol. The van der Waals surface area contributed by atoms with Gasteiger partial charge in [-0.25, -0.2) is 4.79 Å². The van der Waals surface area contributed by atoms with Gasteiger partial charge in [-0.2, -0.15) is 0 Å². The van der Waals surface area contributed by atoms with Gasteiger partial charge in [0.25, 0.3) is 4.93 Å². The second-order valence-corrected chi connectivity index (χ2v) is 7.35. The van der Waals surface area contributed by atoms with Gasteiger partial charge in [0.1, 0.15) is 0 Å². The van der Waals surface area contributed by atoms with E-state index in [1.54, 1.807) is 0 Å². The molecule has 1 aliphatic carbocycles. The number of hydrogen-bond donors (Lipinski definition) is 1. The van der Waals surface area contributed by atoms with E-state index in [1.165, 1.54) is 0 Å². The molecule has 0 amide bonds. The third kappa shape index (κ3) is 2.62. The molecule has 0 aromatic heterocycles. The fourth-order valence-corrected chi connectivity index (χ4v) is 4.63. The summed E-state index contributed by atoms with van der Waals surface area (Å²) in [5, 5.41) is 9.62. The van der Waals surface area contributed by atoms with E-state index in [2.05, 4.69) is 20.8 Å². The van der Waals surface area contributed by atoms with E-state index in [-0.39, 0.29) is 11.7 Å². The SMILES string of the molecule is CC(C)C1CC[C@@H](C)CC1[C@]1(C(=O)O)OC(=O)CS1. The quantitative estimate of drug-likeness (QED) is 0.808. The maximum atomic E-state index is 11.7. The van der Waals surface area contributed by atoms with Crippen LogP contribution in [0.15, 0.2) is 0 Å². The number of rotatable bonds is 3. The molecule has 2 unspecified atom stereocenters. The highest BCUT2D eigenvalue weighted by molar-refractivity contribution is 8.02. The number of ether oxygens (including phenoxy) is 1. The fraction of sp³-hybridized carbons (Fsp3) is 0.857. The average molecular weight is 286 g/mol. The molecule has 5 heteroatoms. The van der Waals surface area contributed by atoms with Gasteiger partial charge in [0.2, 0.25) is 0 Å². The third-order valence-electron chi connectivity index (χ3n) is 4.48. The summed E-state index contributed by atoms with van der Waals surface area (Å²) in [4.78, 5) is 21.9. The predicted octanol–water partition coefficient (Wildman–Crippen LogP) is 2.77. The van der Waals surface area contributed by atoms with Gasteiger partial charge in [-0.1, -0.05) is 39.0 Å². The zero-order valence-corrected chi connectivity index (χ0v) is 12.5. The molecule has 0 radical (unpaired) electrons. The molecule has 1 aliphatic heterocycles. The Balaban J connectivity index is 2.32. The summed E-state index contributed by atoms with van der Waals surface area (Å²) >= 11 is 1.16. The Kier molecular flexibility index (Phi) is 4.14. The van der Waals surface area contributed by atoms with Crippen molar-refractivity contribution in [1.29, 1.82) is 0 Å². The van der Waals surface area contributed by atoms with Crippen LogP contribution < -0.4 is 0 Å². The summed E-state index contributed by atoms with van der Waals surface area (Å²) in [5.74, 6) is -0.0935. The van der Waals surface area contributed by atoms with Crippen LogP contribution in [0.2, 0.25) is 0 Å². The molecule has 0 spiro atoms. The van der Waals surface area contributed by atoms with Crippen LogP contribution in [-0.2, 0) is 14.3 Å². The largest absolute Gasteiger partial charge is 0.478 e. The summed E-state index contributed by atoms with van der Waals surface area (Å²) in [6, 6.07) is 0. The number of carboxylic acids is 1. The summed E-state index contributed by atoms with van der Waals surface area (Å²) in [5.41, 5.74) is 0. The van der Waals surface area contributed by atoms with E-state index in [1.807, 2.05) is 0 Å². The number of esters is 1. The maximum Gasteiger partial charge on any atom is 0.359 e. The minimum absolute atomic E-state index is 0.0785. The van der Waals surface area contributed by atoms with Crippen LogP contribution in [0.5, 0.6) is 0 Å². The monoisotopic (exact) mass is 286 g/mol. The second kappa shape index (κ2) is 5.35. The van der Waals surface area contributed by atoms with Gasteiger partial charge in [-0.05, 0) is 30.6 Å². The van der Waals surface area contributed by atoms with Crippen molar-refractivity contribution < 1.29 is 19.4 Å². The summed E-state index contributed by atoms with van der Waals surface area (Å²) in [6.07, 6.45) is 2.99. The van der Waals surface area contributed by atoms with E-state index in [0.29, 0.717) is 17.8 Å². The molecule has 1 heterocycles. The van der Waals surface area contributed by atoms with E-state index >= 15 is 0 Å². The van der Waals surface area contributed by atoms with Gasteiger partial charge in [-0.15, -0.1) is 0 Å². The van der Waals surface area contributed by atoms with Crippen molar-refractivity contribution in [3.63, 3.8) is 0 Å². The van der Waals surface area contributed by atoms with Crippen molar-refractivity contribution in [2.45, 2.75) is 45.0 Å². The molecule has 1 saturated heterocycles. The number of carboxylic acid groups (broad SMARTS) is 1. The lowest BCUT2D eigenvalue weighted by Crippen LogP contribution is -2.49. The topological polar surface area (TPSA) is 63.6 Å². The molecule has 2 fully saturated rings. The van der Waals surface area contributed by atoms with Gasteiger partial charge >= 0.3 is 11.9 Å². The first-order valence-corrected chi connectivity index (χ1v) is 7.94. The van der Waals surface area contributed by atoms with Crippen LogP contribution in [0.1, 0.15) is 40.0 Å². The zero-order valence-electron chi connectivity index (χ0n) is 11.7. The highest BCUT2D eigenvalue weighted by Crippen LogP contribution is 2.51. The van der Waals surface area contributed by atoms with Gasteiger partial charge in [0.05, 0.1) is 5.75 Å². The molecule has 2 aliphatic rings. The van der Waals surface area contributed by atoms with E-state index < -0.39 is 16.9 Å². The molecule has 1 N–H and O–H groups in total. The number of cyclic esters (lactones) is 1. The number of aliphatic carboxylic acids is 1. The van der Waals surface area contributed by atoms with E-state index in [0.717, 1.165) is 31.0 Å². The summed E-state index contributed by atoms with van der Waals surface area (Å²) in [6.45, 7) is 6.41. The van der Waals surface area contributed by atoms with Gasteiger partial charge < -0.3 is 9.84 Å². The number of thioether (sulfide) groups is 1. The second-order valence-electron chi connectivity index (χ2n) is 6.17. The van der Waals surface area contributed by atoms with E-state index in [4.69, 9.17) is 4.74 Å². The first kappa shape index (κ1) is 14.7. The Morgan fingerprint density at radius 3 is 2.63 bits per heavy atom. The van der Waals surface area contributed by atoms with Crippen molar-refractivity contribution in [2.75, 3.05) is 5.75 Å². The maximum absolute atomic E-state index is 11.7. The van der Waals surface area contributed by atoms with Crippen molar-refractivity contribution in [1.82, 2.24) is 0 Å². The molecule has 1 saturated carbocycles. The van der Waals surface area contributed by atoms with Crippen molar-refractivity contribution >= 4 is 23.7 Å². The first-order chi connectivity index (χ1) is 8.86. The molecule has 4 atom stereocenters. The Labute approximate surface area is 118 Å². The van der Waals surface area contributed by atoms with Crippen LogP contribution in [0.3, 0.4) is 0 Å². The fourth-order valence-electron chi connectivity index (χ4n) is 3.48. The lowest BCUT2D eigenvalue weighted by Gasteiger charge is -2.43. The van der Waals surface area contributed by atoms with Crippen LogP contribution in [0.25, 0.3) is 0 Å². The minimum Gasteiger partial charge on any atom is -0.478 e.